The van der Waals surface area contributed by atoms with Crippen molar-refractivity contribution in [1.82, 2.24) is 4.98 Å². The van der Waals surface area contributed by atoms with Crippen molar-refractivity contribution in [3.05, 3.63) is 30.1 Å². The van der Waals surface area contributed by atoms with Gasteiger partial charge in [-0.2, -0.15) is 0 Å². The molecule has 1 unspecified atom stereocenters. The lowest BCUT2D eigenvalue weighted by Crippen LogP contribution is -2.11. The van der Waals surface area contributed by atoms with Crippen molar-refractivity contribution >= 4 is 5.78 Å². The molecule has 1 aromatic heterocycles. The predicted molar refractivity (Wildman–Crippen MR) is 61.7 cm³/mol. The summed E-state index contributed by atoms with van der Waals surface area (Å²) in [6.07, 6.45) is 3.37. The summed E-state index contributed by atoms with van der Waals surface area (Å²) in [6.45, 7) is 6.21. The molecule has 0 amide bonds. The van der Waals surface area contributed by atoms with Crippen LogP contribution in [0.1, 0.15) is 45.2 Å². The number of aromatic nitrogens is 1. The van der Waals surface area contributed by atoms with Gasteiger partial charge in [0, 0.05) is 12.6 Å². The maximum atomic E-state index is 11.8. The van der Waals surface area contributed by atoms with Gasteiger partial charge < -0.3 is 0 Å². The molecule has 0 radical (unpaired) electrons. The molecule has 0 fully saturated rings. The summed E-state index contributed by atoms with van der Waals surface area (Å²) in [5.74, 6) is 0.817. The van der Waals surface area contributed by atoms with Crippen molar-refractivity contribution in [2.45, 2.75) is 39.5 Å². The summed E-state index contributed by atoms with van der Waals surface area (Å²) in [6, 6.07) is 5.71. The first-order valence-corrected chi connectivity index (χ1v) is 5.55. The molecule has 1 heterocycles. The summed E-state index contributed by atoms with van der Waals surface area (Å²) < 4.78 is 0. The standard InChI is InChI=1S/C13H19NO/c1-10(2)7-8-13(15)11(3)12-6-4-5-9-14-12/h4-6,9-11H,7-8H2,1-3H3. The van der Waals surface area contributed by atoms with Crippen molar-refractivity contribution in [3.63, 3.8) is 0 Å². The Morgan fingerprint density at radius 1 is 1.33 bits per heavy atom. The van der Waals surface area contributed by atoms with Crippen LogP contribution in [0.5, 0.6) is 0 Å². The third-order valence-electron chi connectivity index (χ3n) is 2.58. The van der Waals surface area contributed by atoms with E-state index < -0.39 is 0 Å². The largest absolute Gasteiger partial charge is 0.299 e. The van der Waals surface area contributed by atoms with Crippen LogP contribution in [0.2, 0.25) is 0 Å². The summed E-state index contributed by atoms with van der Waals surface area (Å²) in [4.78, 5) is 16.0. The number of hydrogen-bond donors (Lipinski definition) is 0. The molecule has 1 rings (SSSR count). The van der Waals surface area contributed by atoms with Crippen LogP contribution in [-0.2, 0) is 4.79 Å². The van der Waals surface area contributed by atoms with Crippen LogP contribution < -0.4 is 0 Å². The summed E-state index contributed by atoms with van der Waals surface area (Å²) >= 11 is 0. The summed E-state index contributed by atoms with van der Waals surface area (Å²) in [5, 5.41) is 0. The van der Waals surface area contributed by atoms with Crippen LogP contribution in [0.15, 0.2) is 24.4 Å². The van der Waals surface area contributed by atoms with Crippen molar-refractivity contribution in [3.8, 4) is 0 Å². The number of carbonyl (C=O) groups is 1. The Labute approximate surface area is 91.7 Å². The molecular formula is C13H19NO. The first-order valence-electron chi connectivity index (χ1n) is 5.55. The molecule has 0 saturated heterocycles. The average molecular weight is 205 g/mol. The van der Waals surface area contributed by atoms with E-state index in [0.29, 0.717) is 18.1 Å². The molecule has 2 heteroatoms. The minimum atomic E-state index is -0.0649. The van der Waals surface area contributed by atoms with Crippen LogP contribution in [-0.4, -0.2) is 10.8 Å². The summed E-state index contributed by atoms with van der Waals surface area (Å²) in [7, 11) is 0. The Bertz CT molecular complexity index is 306. The van der Waals surface area contributed by atoms with E-state index in [-0.39, 0.29) is 5.92 Å². The molecule has 0 aromatic carbocycles. The lowest BCUT2D eigenvalue weighted by Gasteiger charge is -2.10. The van der Waals surface area contributed by atoms with Gasteiger partial charge in [-0.15, -0.1) is 0 Å². The third-order valence-corrected chi connectivity index (χ3v) is 2.58. The van der Waals surface area contributed by atoms with Crippen LogP contribution in [0.3, 0.4) is 0 Å². The van der Waals surface area contributed by atoms with Gasteiger partial charge in [0.2, 0.25) is 0 Å². The molecule has 0 N–H and O–H groups in total. The molecule has 0 aliphatic heterocycles. The van der Waals surface area contributed by atoms with Gasteiger partial charge in [0.05, 0.1) is 11.6 Å². The zero-order valence-corrected chi connectivity index (χ0v) is 9.73. The van der Waals surface area contributed by atoms with Gasteiger partial charge in [0.15, 0.2) is 0 Å². The fourth-order valence-corrected chi connectivity index (χ4v) is 1.44. The number of hydrogen-bond acceptors (Lipinski definition) is 2. The average Bonchev–Trinajstić information content (AvgIpc) is 2.26. The van der Waals surface area contributed by atoms with E-state index in [2.05, 4.69) is 18.8 Å². The molecule has 1 aromatic rings. The van der Waals surface area contributed by atoms with Crippen LogP contribution >= 0.6 is 0 Å². The van der Waals surface area contributed by atoms with Gasteiger partial charge in [-0.3, -0.25) is 9.78 Å². The molecule has 15 heavy (non-hydrogen) atoms. The van der Waals surface area contributed by atoms with Gasteiger partial charge in [0.25, 0.3) is 0 Å². The molecule has 1 atom stereocenters. The van der Waals surface area contributed by atoms with Gasteiger partial charge in [0.1, 0.15) is 5.78 Å². The number of carbonyl (C=O) groups excluding carboxylic acids is 1. The smallest absolute Gasteiger partial charge is 0.141 e. The van der Waals surface area contributed by atoms with Crippen molar-refractivity contribution in [2.75, 3.05) is 0 Å². The zero-order valence-electron chi connectivity index (χ0n) is 9.73. The second-order valence-electron chi connectivity index (χ2n) is 4.38. The Balaban J connectivity index is 2.54. The molecule has 0 spiro atoms. The van der Waals surface area contributed by atoms with Crippen LogP contribution in [0, 0.1) is 5.92 Å². The lowest BCUT2D eigenvalue weighted by molar-refractivity contribution is -0.120. The van der Waals surface area contributed by atoms with Gasteiger partial charge >= 0.3 is 0 Å². The minimum absolute atomic E-state index is 0.0649. The van der Waals surface area contributed by atoms with Crippen molar-refractivity contribution < 1.29 is 4.79 Å². The second-order valence-corrected chi connectivity index (χ2v) is 4.38. The number of nitrogens with zero attached hydrogens (tertiary/aromatic N) is 1. The maximum Gasteiger partial charge on any atom is 0.141 e. The molecule has 2 nitrogen and oxygen atoms in total. The number of Topliss-reactive ketones (excluding diaryl/α,β-unsaturated/α-hetero) is 1. The Hall–Kier alpha value is -1.18. The number of rotatable bonds is 5. The van der Waals surface area contributed by atoms with E-state index in [4.69, 9.17) is 0 Å². The van der Waals surface area contributed by atoms with Gasteiger partial charge in [-0.1, -0.05) is 19.9 Å². The highest BCUT2D eigenvalue weighted by Crippen LogP contribution is 2.17. The van der Waals surface area contributed by atoms with E-state index in [1.165, 1.54) is 0 Å². The Morgan fingerprint density at radius 2 is 2.07 bits per heavy atom. The van der Waals surface area contributed by atoms with Crippen molar-refractivity contribution in [2.24, 2.45) is 5.92 Å². The predicted octanol–water partition coefficient (Wildman–Crippen LogP) is 3.19. The molecule has 0 aliphatic carbocycles. The zero-order chi connectivity index (χ0) is 11.3. The Kier molecular flexibility index (Phi) is 4.47. The molecule has 0 aliphatic rings. The highest BCUT2D eigenvalue weighted by molar-refractivity contribution is 5.84. The van der Waals surface area contributed by atoms with E-state index in [1.807, 2.05) is 25.1 Å². The van der Waals surface area contributed by atoms with Crippen LogP contribution in [0.25, 0.3) is 0 Å². The fraction of sp³-hybridized carbons (Fsp3) is 0.538. The minimum Gasteiger partial charge on any atom is -0.299 e. The van der Waals surface area contributed by atoms with E-state index in [9.17, 15) is 4.79 Å². The SMILES string of the molecule is CC(C)CCC(=O)C(C)c1ccccn1. The van der Waals surface area contributed by atoms with E-state index in [0.717, 1.165) is 12.1 Å². The lowest BCUT2D eigenvalue weighted by atomic mass is 9.95. The maximum absolute atomic E-state index is 11.8. The Morgan fingerprint density at radius 3 is 2.60 bits per heavy atom. The number of pyridine rings is 1. The monoisotopic (exact) mass is 205 g/mol. The molecule has 0 saturated carbocycles. The van der Waals surface area contributed by atoms with Crippen molar-refractivity contribution in [1.29, 1.82) is 0 Å². The summed E-state index contributed by atoms with van der Waals surface area (Å²) in [5.41, 5.74) is 0.881. The van der Waals surface area contributed by atoms with Crippen LogP contribution in [0.4, 0.5) is 0 Å². The second kappa shape index (κ2) is 5.64. The first-order chi connectivity index (χ1) is 7.11. The highest BCUT2D eigenvalue weighted by atomic mass is 16.1. The number of ketones is 1. The van der Waals surface area contributed by atoms with E-state index in [1.54, 1.807) is 6.20 Å². The normalized spacial score (nSPS) is 12.8. The van der Waals surface area contributed by atoms with Gasteiger partial charge in [-0.25, -0.2) is 0 Å². The van der Waals surface area contributed by atoms with Gasteiger partial charge in [-0.05, 0) is 31.4 Å². The molecule has 82 valence electrons. The quantitative estimate of drug-likeness (QED) is 0.739. The fourth-order valence-electron chi connectivity index (χ4n) is 1.44. The molecular weight excluding hydrogens is 186 g/mol. The first kappa shape index (κ1) is 11.9. The van der Waals surface area contributed by atoms with E-state index >= 15 is 0 Å². The highest BCUT2D eigenvalue weighted by Gasteiger charge is 2.15. The molecule has 0 bridgehead atoms. The third kappa shape index (κ3) is 3.82. The topological polar surface area (TPSA) is 30.0 Å².